The lowest BCUT2D eigenvalue weighted by molar-refractivity contribution is -0.0493. The van der Waals surface area contributed by atoms with Crippen molar-refractivity contribution in [1.29, 1.82) is 0 Å². The minimum Gasteiger partial charge on any atom is -0.433 e. The summed E-state index contributed by atoms with van der Waals surface area (Å²) in [5, 5.41) is 2.96. The van der Waals surface area contributed by atoms with Gasteiger partial charge >= 0.3 is 6.61 Å². The zero-order valence-electron chi connectivity index (χ0n) is 20.3. The molecule has 1 amide bonds. The second kappa shape index (κ2) is 9.81. The van der Waals surface area contributed by atoms with Crippen LogP contribution in [0.1, 0.15) is 30.1 Å². The standard InChI is InChI=1S/C24H28F2N8O3/c1-2-34-20(27)18(21(28)36)19(35)15-12-29-24(31-22(15)34)30-16-6-5-14(11-17(16)37-23(25)26)33-9-7-32(8-10-33)13-3-4-13/h5-6,11-13,23H,2-4,7-10,27H2,1H3,(H2,28,36)(H,29,30,31). The van der Waals surface area contributed by atoms with E-state index in [1.54, 1.807) is 19.1 Å². The Morgan fingerprint density at radius 2 is 1.97 bits per heavy atom. The van der Waals surface area contributed by atoms with Gasteiger partial charge in [-0.2, -0.15) is 13.8 Å². The second-order valence-electron chi connectivity index (χ2n) is 9.07. The van der Waals surface area contributed by atoms with Gasteiger partial charge in [-0.3, -0.25) is 14.5 Å². The number of hydrogen-bond acceptors (Lipinski definition) is 9. The van der Waals surface area contributed by atoms with Gasteiger partial charge in [-0.25, -0.2) is 4.98 Å². The molecule has 196 valence electrons. The van der Waals surface area contributed by atoms with Gasteiger partial charge in [0.15, 0.2) is 11.4 Å². The summed E-state index contributed by atoms with van der Waals surface area (Å²) in [6.07, 6.45) is 3.74. The number of hydrogen-bond donors (Lipinski definition) is 3. The number of primary amides is 1. The molecule has 1 aliphatic heterocycles. The van der Waals surface area contributed by atoms with Crippen molar-refractivity contribution >= 4 is 40.1 Å². The van der Waals surface area contributed by atoms with Crippen LogP contribution in [0.2, 0.25) is 0 Å². The topological polar surface area (TPSA) is 145 Å². The maximum Gasteiger partial charge on any atom is 0.387 e. The average molecular weight is 515 g/mol. The number of nitrogens with zero attached hydrogens (tertiary/aromatic N) is 5. The van der Waals surface area contributed by atoms with E-state index in [4.69, 9.17) is 16.2 Å². The van der Waals surface area contributed by atoms with Gasteiger partial charge in [0.05, 0.1) is 11.1 Å². The van der Waals surface area contributed by atoms with Crippen LogP contribution in [0.15, 0.2) is 29.2 Å². The predicted octanol–water partition coefficient (Wildman–Crippen LogP) is 2.12. The van der Waals surface area contributed by atoms with Gasteiger partial charge in [0, 0.05) is 56.7 Å². The monoisotopic (exact) mass is 514 g/mol. The minimum atomic E-state index is -3.03. The van der Waals surface area contributed by atoms with E-state index in [1.807, 2.05) is 6.07 Å². The van der Waals surface area contributed by atoms with E-state index in [2.05, 4.69) is 25.1 Å². The summed E-state index contributed by atoms with van der Waals surface area (Å²) >= 11 is 0. The molecular weight excluding hydrogens is 486 g/mol. The van der Waals surface area contributed by atoms with Crippen LogP contribution >= 0.6 is 0 Å². The minimum absolute atomic E-state index is 0.0326. The zero-order chi connectivity index (χ0) is 26.3. The van der Waals surface area contributed by atoms with E-state index in [0.29, 0.717) is 12.6 Å². The van der Waals surface area contributed by atoms with E-state index in [9.17, 15) is 18.4 Å². The maximum atomic E-state index is 13.3. The fraction of sp³-hybridized carbons (Fsp3) is 0.417. The Balaban J connectivity index is 1.46. The molecule has 5 rings (SSSR count). The number of halogens is 2. The summed E-state index contributed by atoms with van der Waals surface area (Å²) in [4.78, 5) is 37.7. The number of benzene rings is 1. The summed E-state index contributed by atoms with van der Waals surface area (Å²) in [7, 11) is 0. The van der Waals surface area contributed by atoms with E-state index in [-0.39, 0.29) is 39.8 Å². The van der Waals surface area contributed by atoms with Crippen LogP contribution in [0.3, 0.4) is 0 Å². The maximum absolute atomic E-state index is 13.3. The normalized spacial score (nSPS) is 16.4. The Bertz CT molecular complexity index is 1400. The largest absolute Gasteiger partial charge is 0.433 e. The lowest BCUT2D eigenvalue weighted by Crippen LogP contribution is -2.47. The van der Waals surface area contributed by atoms with E-state index < -0.39 is 17.9 Å². The molecule has 13 heteroatoms. The number of anilines is 4. The van der Waals surface area contributed by atoms with Gasteiger partial charge < -0.3 is 31.0 Å². The fourth-order valence-electron chi connectivity index (χ4n) is 4.77. The number of carbonyl (C=O) groups is 1. The molecule has 2 aliphatic rings. The third-order valence-electron chi connectivity index (χ3n) is 6.78. The Hall–Kier alpha value is -4.00. The molecule has 1 saturated heterocycles. The molecule has 3 aromatic rings. The second-order valence-corrected chi connectivity index (χ2v) is 9.07. The van der Waals surface area contributed by atoms with Gasteiger partial charge in [-0.1, -0.05) is 0 Å². The molecule has 0 unspecified atom stereocenters. The SMILES string of the molecule is CCn1c(N)c(C(N)=O)c(=O)c2cnc(Nc3ccc(N4CCN(C5CC5)CC4)cc3OC(F)F)nc21. The number of aromatic nitrogens is 3. The number of pyridine rings is 1. The highest BCUT2D eigenvalue weighted by atomic mass is 19.3. The van der Waals surface area contributed by atoms with Crippen LogP contribution in [0.25, 0.3) is 11.0 Å². The molecule has 1 aliphatic carbocycles. The molecule has 1 saturated carbocycles. The molecule has 0 bridgehead atoms. The number of rotatable bonds is 8. The summed E-state index contributed by atoms with van der Waals surface area (Å²) in [5.74, 6) is -1.08. The lowest BCUT2D eigenvalue weighted by Gasteiger charge is -2.36. The Morgan fingerprint density at radius 3 is 2.59 bits per heavy atom. The molecule has 2 aromatic heterocycles. The highest BCUT2D eigenvalue weighted by Crippen LogP contribution is 2.34. The van der Waals surface area contributed by atoms with Crippen molar-refractivity contribution in [3.8, 4) is 5.75 Å². The van der Waals surface area contributed by atoms with Gasteiger partial charge in [0.1, 0.15) is 11.4 Å². The molecule has 1 aromatic carbocycles. The molecular formula is C24H28F2N8O3. The summed E-state index contributed by atoms with van der Waals surface area (Å²) in [6.45, 7) is 2.49. The fourth-order valence-corrected chi connectivity index (χ4v) is 4.77. The first-order chi connectivity index (χ1) is 17.8. The van der Waals surface area contributed by atoms with E-state index in [1.165, 1.54) is 23.6 Å². The van der Waals surface area contributed by atoms with Crippen LogP contribution in [0, 0.1) is 0 Å². The highest BCUT2D eigenvalue weighted by Gasteiger charge is 2.31. The zero-order valence-corrected chi connectivity index (χ0v) is 20.3. The van der Waals surface area contributed by atoms with Crippen LogP contribution in [0.4, 0.5) is 31.9 Å². The lowest BCUT2D eigenvalue weighted by atomic mass is 10.1. The smallest absolute Gasteiger partial charge is 0.387 e. The third-order valence-corrected chi connectivity index (χ3v) is 6.78. The first-order valence-corrected chi connectivity index (χ1v) is 12.1. The Morgan fingerprint density at radius 1 is 1.24 bits per heavy atom. The molecule has 2 fully saturated rings. The molecule has 11 nitrogen and oxygen atoms in total. The number of alkyl halides is 2. The first kappa shape index (κ1) is 24.7. The Labute approximate surface area is 211 Å². The number of nitrogen functional groups attached to an aromatic ring is 1. The number of amides is 1. The number of fused-ring (bicyclic) bond motifs is 1. The molecule has 0 spiro atoms. The first-order valence-electron chi connectivity index (χ1n) is 12.1. The van der Waals surface area contributed by atoms with Crippen molar-refractivity contribution < 1.29 is 18.3 Å². The summed E-state index contributed by atoms with van der Waals surface area (Å²) < 4.78 is 32.8. The van der Waals surface area contributed by atoms with Crippen molar-refractivity contribution in [2.75, 3.05) is 42.1 Å². The molecule has 3 heterocycles. The van der Waals surface area contributed by atoms with Gasteiger partial charge in [0.2, 0.25) is 11.4 Å². The summed E-state index contributed by atoms with van der Waals surface area (Å²) in [6, 6.07) is 5.72. The van der Waals surface area contributed by atoms with Crippen molar-refractivity contribution in [3.05, 3.63) is 40.2 Å². The number of nitrogens with one attached hydrogen (secondary N) is 1. The van der Waals surface area contributed by atoms with E-state index >= 15 is 0 Å². The van der Waals surface area contributed by atoms with Gasteiger partial charge in [-0.05, 0) is 31.9 Å². The van der Waals surface area contributed by atoms with Gasteiger partial charge in [0.25, 0.3) is 5.91 Å². The number of ether oxygens (including phenoxy) is 1. The number of piperazine rings is 1. The predicted molar refractivity (Wildman–Crippen MR) is 136 cm³/mol. The van der Waals surface area contributed by atoms with Crippen molar-refractivity contribution in [3.63, 3.8) is 0 Å². The van der Waals surface area contributed by atoms with Crippen molar-refractivity contribution in [2.45, 2.75) is 39.0 Å². The number of aryl methyl sites for hydroxylation is 1. The van der Waals surface area contributed by atoms with Crippen LogP contribution in [-0.2, 0) is 6.54 Å². The van der Waals surface area contributed by atoms with E-state index in [0.717, 1.165) is 31.9 Å². The number of nitrogens with two attached hydrogens (primary N) is 2. The van der Waals surface area contributed by atoms with Crippen molar-refractivity contribution in [1.82, 2.24) is 19.4 Å². The molecule has 0 atom stereocenters. The van der Waals surface area contributed by atoms with Crippen LogP contribution in [-0.4, -0.2) is 64.2 Å². The number of carbonyl (C=O) groups excluding carboxylic acids is 1. The van der Waals surface area contributed by atoms with Crippen LogP contribution in [0.5, 0.6) is 5.75 Å². The molecule has 5 N–H and O–H groups in total. The Kier molecular flexibility index (Phi) is 6.54. The molecule has 0 radical (unpaired) electrons. The van der Waals surface area contributed by atoms with Crippen molar-refractivity contribution in [2.24, 2.45) is 5.73 Å². The highest BCUT2D eigenvalue weighted by molar-refractivity contribution is 6.00. The quantitative estimate of drug-likeness (QED) is 0.412. The van der Waals surface area contributed by atoms with Crippen LogP contribution < -0.4 is 31.8 Å². The summed E-state index contributed by atoms with van der Waals surface area (Å²) in [5.41, 5.74) is 11.5. The van der Waals surface area contributed by atoms with Gasteiger partial charge in [-0.15, -0.1) is 0 Å². The molecule has 37 heavy (non-hydrogen) atoms. The third kappa shape index (κ3) is 4.86. The average Bonchev–Trinajstić information content (AvgIpc) is 3.71.